The summed E-state index contributed by atoms with van der Waals surface area (Å²) in [7, 11) is 0. The highest BCUT2D eigenvalue weighted by Crippen LogP contribution is 2.21. The molecule has 0 saturated heterocycles. The molecule has 8 heteroatoms. The smallest absolute Gasteiger partial charge is 0.292 e. The van der Waals surface area contributed by atoms with Crippen LogP contribution in [0.15, 0.2) is 16.6 Å². The van der Waals surface area contributed by atoms with Crippen LogP contribution in [0.3, 0.4) is 0 Å². The Morgan fingerprint density at radius 3 is 2.47 bits per heavy atom. The number of nitrogens with one attached hydrogen (secondary N) is 1. The van der Waals surface area contributed by atoms with Crippen LogP contribution >= 0.6 is 15.9 Å². The summed E-state index contributed by atoms with van der Waals surface area (Å²) in [5.74, 6) is -1.75. The highest BCUT2D eigenvalue weighted by atomic mass is 79.9. The molecule has 1 aromatic rings. The van der Waals surface area contributed by atoms with Gasteiger partial charge in [-0.3, -0.25) is 4.84 Å². The molecule has 0 saturated carbocycles. The zero-order chi connectivity index (χ0) is 13.1. The lowest BCUT2D eigenvalue weighted by molar-refractivity contribution is -0.190. The zero-order valence-electron chi connectivity index (χ0n) is 8.24. The van der Waals surface area contributed by atoms with E-state index in [0.29, 0.717) is 0 Å². The summed E-state index contributed by atoms with van der Waals surface area (Å²) in [5.41, 5.74) is 1.44. The zero-order valence-corrected chi connectivity index (χ0v) is 9.83. The van der Waals surface area contributed by atoms with E-state index >= 15 is 0 Å². The largest absolute Gasteiger partial charge is 0.413 e. The van der Waals surface area contributed by atoms with E-state index in [9.17, 15) is 22.0 Å². The second-order valence-electron chi connectivity index (χ2n) is 3.05. The third kappa shape index (κ3) is 4.57. The third-order valence-electron chi connectivity index (χ3n) is 1.73. The number of hydrogen-bond donors (Lipinski definition) is 1. The number of rotatable bonds is 4. The molecule has 0 radical (unpaired) electrons. The van der Waals surface area contributed by atoms with E-state index < -0.39 is 36.5 Å². The predicted octanol–water partition coefficient (Wildman–Crippen LogP) is 3.31. The Morgan fingerprint density at radius 2 is 1.88 bits per heavy atom. The van der Waals surface area contributed by atoms with Crippen molar-refractivity contribution >= 4 is 15.9 Å². The average Bonchev–Trinajstić information content (AvgIpc) is 2.21. The maximum absolute atomic E-state index is 13.3. The summed E-state index contributed by atoms with van der Waals surface area (Å²) in [6, 6.07) is 2.15. The molecule has 0 aliphatic carbocycles. The first kappa shape index (κ1) is 14.3. The van der Waals surface area contributed by atoms with E-state index in [1.54, 1.807) is 0 Å². The predicted molar refractivity (Wildman–Crippen MR) is 52.9 cm³/mol. The van der Waals surface area contributed by atoms with Crippen molar-refractivity contribution < 1.29 is 26.8 Å². The molecule has 0 spiro atoms. The molecule has 0 amide bonds. The van der Waals surface area contributed by atoms with Gasteiger partial charge < -0.3 is 0 Å². The number of halogens is 6. The van der Waals surface area contributed by atoms with E-state index in [-0.39, 0.29) is 4.47 Å². The molecule has 0 aromatic heterocycles. The summed E-state index contributed by atoms with van der Waals surface area (Å²) in [4.78, 5) is 4.03. The van der Waals surface area contributed by atoms with Gasteiger partial charge in [0.15, 0.2) is 6.61 Å². The van der Waals surface area contributed by atoms with Crippen LogP contribution < -0.4 is 5.48 Å². The van der Waals surface area contributed by atoms with Gasteiger partial charge in [-0.25, -0.2) is 8.78 Å². The van der Waals surface area contributed by atoms with E-state index in [1.165, 1.54) is 0 Å². The number of hydroxylamine groups is 1. The molecule has 0 fully saturated rings. The molecule has 2 nitrogen and oxygen atoms in total. The lowest BCUT2D eigenvalue weighted by Crippen LogP contribution is -2.25. The van der Waals surface area contributed by atoms with Gasteiger partial charge in [-0.15, -0.1) is 0 Å². The average molecular weight is 320 g/mol. The highest BCUT2D eigenvalue weighted by molar-refractivity contribution is 9.10. The second-order valence-corrected chi connectivity index (χ2v) is 3.90. The van der Waals surface area contributed by atoms with Crippen molar-refractivity contribution in [2.45, 2.75) is 12.7 Å². The van der Waals surface area contributed by atoms with Crippen molar-refractivity contribution in [3.05, 3.63) is 33.8 Å². The van der Waals surface area contributed by atoms with E-state index in [0.717, 1.165) is 12.1 Å². The van der Waals surface area contributed by atoms with Gasteiger partial charge >= 0.3 is 6.18 Å². The van der Waals surface area contributed by atoms with Crippen LogP contribution in [-0.4, -0.2) is 12.8 Å². The van der Waals surface area contributed by atoms with Gasteiger partial charge in [-0.05, 0) is 28.1 Å². The Morgan fingerprint density at radius 1 is 1.24 bits per heavy atom. The minimum absolute atomic E-state index is 0.0199. The molecule has 96 valence electrons. The standard InChI is InChI=1S/C9H7BrF5NO/c10-6-1-2-7(11)5(8(6)12)3-16-17-4-9(13,14)15/h1-2,16H,3-4H2. The topological polar surface area (TPSA) is 21.3 Å². The van der Waals surface area contributed by atoms with Gasteiger partial charge in [-0.1, -0.05) is 0 Å². The molecule has 1 aromatic carbocycles. The summed E-state index contributed by atoms with van der Waals surface area (Å²) in [5, 5.41) is 0. The molecule has 0 heterocycles. The van der Waals surface area contributed by atoms with Crippen molar-refractivity contribution in [2.75, 3.05) is 6.61 Å². The summed E-state index contributed by atoms with van der Waals surface area (Å²) < 4.78 is 61.5. The molecule has 1 N–H and O–H groups in total. The van der Waals surface area contributed by atoms with Gasteiger partial charge in [0.25, 0.3) is 0 Å². The van der Waals surface area contributed by atoms with Crippen LogP contribution in [0, 0.1) is 11.6 Å². The first-order valence-electron chi connectivity index (χ1n) is 4.35. The molecule has 0 unspecified atom stereocenters. The minimum atomic E-state index is -4.50. The third-order valence-corrected chi connectivity index (χ3v) is 2.34. The Bertz CT molecular complexity index is 396. The van der Waals surface area contributed by atoms with Gasteiger partial charge in [0.05, 0.1) is 11.0 Å². The monoisotopic (exact) mass is 319 g/mol. The van der Waals surface area contributed by atoms with E-state index in [1.807, 2.05) is 5.48 Å². The van der Waals surface area contributed by atoms with Gasteiger partial charge in [-0.2, -0.15) is 18.7 Å². The van der Waals surface area contributed by atoms with Gasteiger partial charge in [0, 0.05) is 5.56 Å². The minimum Gasteiger partial charge on any atom is -0.292 e. The molecular formula is C9H7BrF5NO. The van der Waals surface area contributed by atoms with E-state index in [2.05, 4.69) is 20.8 Å². The van der Waals surface area contributed by atoms with Gasteiger partial charge in [0.1, 0.15) is 11.6 Å². The van der Waals surface area contributed by atoms with Crippen LogP contribution in [0.2, 0.25) is 0 Å². The molecular weight excluding hydrogens is 313 g/mol. The van der Waals surface area contributed by atoms with E-state index in [4.69, 9.17) is 0 Å². The Balaban J connectivity index is 2.55. The Labute approximate surface area is 102 Å². The lowest BCUT2D eigenvalue weighted by Gasteiger charge is -2.10. The van der Waals surface area contributed by atoms with Crippen LogP contribution in [0.25, 0.3) is 0 Å². The number of alkyl halides is 3. The molecule has 1 rings (SSSR count). The highest BCUT2D eigenvalue weighted by Gasteiger charge is 2.27. The fourth-order valence-corrected chi connectivity index (χ4v) is 1.36. The molecule has 0 atom stereocenters. The fourth-order valence-electron chi connectivity index (χ4n) is 0.987. The van der Waals surface area contributed by atoms with Crippen molar-refractivity contribution in [3.8, 4) is 0 Å². The van der Waals surface area contributed by atoms with Crippen molar-refractivity contribution in [1.29, 1.82) is 0 Å². The Kier molecular flexibility index (Phi) is 4.84. The maximum atomic E-state index is 13.3. The molecule has 17 heavy (non-hydrogen) atoms. The Hall–Kier alpha value is -0.730. The van der Waals surface area contributed by atoms with Crippen molar-refractivity contribution in [1.82, 2.24) is 5.48 Å². The van der Waals surface area contributed by atoms with Crippen molar-refractivity contribution in [3.63, 3.8) is 0 Å². The van der Waals surface area contributed by atoms with Gasteiger partial charge in [0.2, 0.25) is 0 Å². The quantitative estimate of drug-likeness (QED) is 0.398. The molecule has 0 aliphatic heterocycles. The van der Waals surface area contributed by atoms with Crippen LogP contribution in [0.5, 0.6) is 0 Å². The fraction of sp³-hybridized carbons (Fsp3) is 0.333. The normalized spacial score (nSPS) is 11.9. The number of benzene rings is 1. The first-order chi connectivity index (χ1) is 7.81. The maximum Gasteiger partial charge on any atom is 0.413 e. The lowest BCUT2D eigenvalue weighted by atomic mass is 10.2. The second kappa shape index (κ2) is 5.74. The van der Waals surface area contributed by atoms with Crippen LogP contribution in [0.4, 0.5) is 22.0 Å². The first-order valence-corrected chi connectivity index (χ1v) is 5.14. The molecule has 0 aliphatic rings. The van der Waals surface area contributed by atoms with Crippen molar-refractivity contribution in [2.24, 2.45) is 0 Å². The van der Waals surface area contributed by atoms with Crippen LogP contribution in [-0.2, 0) is 11.4 Å². The number of hydrogen-bond acceptors (Lipinski definition) is 2. The molecule has 0 bridgehead atoms. The summed E-state index contributed by atoms with van der Waals surface area (Å²) in [6.07, 6.45) is -4.50. The summed E-state index contributed by atoms with van der Waals surface area (Å²) >= 11 is 2.83. The SMILES string of the molecule is Fc1ccc(Br)c(F)c1CNOCC(F)(F)F. The summed E-state index contributed by atoms with van der Waals surface area (Å²) in [6.45, 7) is -2.04. The van der Waals surface area contributed by atoms with Crippen LogP contribution in [0.1, 0.15) is 5.56 Å².